The van der Waals surface area contributed by atoms with Crippen molar-refractivity contribution in [3.8, 4) is 0 Å². The molecule has 9 heavy (non-hydrogen) atoms. The van der Waals surface area contributed by atoms with Crippen molar-refractivity contribution in [1.29, 1.82) is 0 Å². The lowest BCUT2D eigenvalue weighted by Crippen LogP contribution is -1.92. The van der Waals surface area contributed by atoms with Gasteiger partial charge in [0, 0.05) is 12.3 Å². The van der Waals surface area contributed by atoms with Crippen molar-refractivity contribution in [3.63, 3.8) is 0 Å². The minimum absolute atomic E-state index is 0.289. The van der Waals surface area contributed by atoms with Crippen LogP contribution in [0.4, 0.5) is 0 Å². The molecule has 0 fully saturated rings. The molecular weight excluding hydrogens is 136 g/mol. The van der Waals surface area contributed by atoms with Crippen molar-refractivity contribution in [2.75, 3.05) is 6.26 Å². The number of rotatable bonds is 2. The van der Waals surface area contributed by atoms with E-state index in [1.807, 2.05) is 13.8 Å². The van der Waals surface area contributed by atoms with Crippen LogP contribution in [0.25, 0.3) is 0 Å². The van der Waals surface area contributed by atoms with Gasteiger partial charge in [-0.3, -0.25) is 0 Å². The zero-order valence-corrected chi connectivity index (χ0v) is 6.62. The fourth-order valence-corrected chi connectivity index (χ4v) is 0.554. The molecule has 2 nitrogen and oxygen atoms in total. The van der Waals surface area contributed by atoms with Gasteiger partial charge in [0.05, 0.1) is 12.0 Å². The second kappa shape index (κ2) is 4.44. The zero-order valence-electron chi connectivity index (χ0n) is 5.80. The van der Waals surface area contributed by atoms with E-state index in [1.54, 1.807) is 6.26 Å². The molecule has 0 amide bonds. The minimum atomic E-state index is -0.289. The van der Waals surface area contributed by atoms with E-state index in [2.05, 4.69) is 4.18 Å². The van der Waals surface area contributed by atoms with Gasteiger partial charge in [0.15, 0.2) is 0 Å². The van der Waals surface area contributed by atoms with E-state index >= 15 is 0 Å². The van der Waals surface area contributed by atoms with Gasteiger partial charge in [-0.25, -0.2) is 4.79 Å². The molecule has 0 spiro atoms. The van der Waals surface area contributed by atoms with Crippen LogP contribution >= 0.6 is 12.0 Å². The summed E-state index contributed by atoms with van der Waals surface area (Å²) in [5.74, 6) is -0.289. The summed E-state index contributed by atoms with van der Waals surface area (Å²) in [6.45, 7) is 3.70. The van der Waals surface area contributed by atoms with Gasteiger partial charge >= 0.3 is 5.97 Å². The Bertz CT molecular complexity index is 125. The topological polar surface area (TPSA) is 26.3 Å². The molecule has 0 rings (SSSR count). The first-order valence-corrected chi connectivity index (χ1v) is 3.71. The van der Waals surface area contributed by atoms with E-state index in [0.717, 1.165) is 17.6 Å². The largest absolute Gasteiger partial charge is 0.388 e. The normalized spacial score (nSPS) is 8.33. The Morgan fingerprint density at radius 1 is 1.56 bits per heavy atom. The zero-order chi connectivity index (χ0) is 7.28. The summed E-state index contributed by atoms with van der Waals surface area (Å²) in [5, 5.41) is 0. The number of carbonyl (C=O) groups is 1. The van der Waals surface area contributed by atoms with Crippen molar-refractivity contribution in [1.82, 2.24) is 0 Å². The first-order valence-electron chi connectivity index (χ1n) is 2.56. The predicted octanol–water partition coefficient (Wildman–Crippen LogP) is 1.77. The maximum atomic E-state index is 10.5. The van der Waals surface area contributed by atoms with Crippen LogP contribution in [0.3, 0.4) is 0 Å². The molecule has 0 aliphatic carbocycles. The standard InChI is InChI=1S/C6H10O2S/c1-5(2)4-6(7)8-9-3/h4H,1-3H3. The molecule has 0 heterocycles. The number of hydrogen-bond donors (Lipinski definition) is 0. The van der Waals surface area contributed by atoms with Gasteiger partial charge < -0.3 is 4.18 Å². The Balaban J connectivity index is 3.63. The summed E-state index contributed by atoms with van der Waals surface area (Å²) >= 11 is 1.06. The van der Waals surface area contributed by atoms with Gasteiger partial charge in [0.2, 0.25) is 0 Å². The lowest BCUT2D eigenvalue weighted by molar-refractivity contribution is -0.127. The van der Waals surface area contributed by atoms with E-state index in [4.69, 9.17) is 0 Å². The molecule has 52 valence electrons. The van der Waals surface area contributed by atoms with E-state index in [1.165, 1.54) is 6.08 Å². The molecule has 3 heteroatoms. The maximum Gasteiger partial charge on any atom is 0.342 e. The fraction of sp³-hybridized carbons (Fsp3) is 0.500. The van der Waals surface area contributed by atoms with Crippen LogP contribution in [0.2, 0.25) is 0 Å². The molecule has 0 N–H and O–H groups in total. The minimum Gasteiger partial charge on any atom is -0.388 e. The Morgan fingerprint density at radius 3 is 2.44 bits per heavy atom. The molecule has 0 saturated carbocycles. The highest BCUT2D eigenvalue weighted by Crippen LogP contribution is 1.98. The van der Waals surface area contributed by atoms with Crippen LogP contribution in [-0.2, 0) is 8.98 Å². The molecule has 0 radical (unpaired) electrons. The van der Waals surface area contributed by atoms with E-state index in [0.29, 0.717) is 0 Å². The predicted molar refractivity (Wildman–Crippen MR) is 39.0 cm³/mol. The molecule has 0 aromatic heterocycles. The molecule has 0 bridgehead atoms. The smallest absolute Gasteiger partial charge is 0.342 e. The van der Waals surface area contributed by atoms with E-state index < -0.39 is 0 Å². The monoisotopic (exact) mass is 146 g/mol. The Kier molecular flexibility index (Phi) is 4.22. The van der Waals surface area contributed by atoms with Gasteiger partial charge in [-0.05, 0) is 13.8 Å². The summed E-state index contributed by atoms with van der Waals surface area (Å²) in [5.41, 5.74) is 0.953. The van der Waals surface area contributed by atoms with Crippen LogP contribution in [0.15, 0.2) is 11.6 Å². The van der Waals surface area contributed by atoms with Crippen LogP contribution in [0, 0.1) is 0 Å². The molecule has 0 aromatic carbocycles. The molecule has 0 aliphatic heterocycles. The number of carbonyl (C=O) groups excluding carboxylic acids is 1. The van der Waals surface area contributed by atoms with Gasteiger partial charge in [0.1, 0.15) is 0 Å². The highest BCUT2D eigenvalue weighted by molar-refractivity contribution is 7.94. The second-order valence-corrected chi connectivity index (χ2v) is 2.29. The van der Waals surface area contributed by atoms with E-state index in [9.17, 15) is 4.79 Å². The molecule has 0 atom stereocenters. The van der Waals surface area contributed by atoms with Crippen molar-refractivity contribution >= 4 is 18.0 Å². The highest BCUT2D eigenvalue weighted by atomic mass is 32.2. The van der Waals surface area contributed by atoms with E-state index in [-0.39, 0.29) is 5.97 Å². The Labute approximate surface area is 59.5 Å². The van der Waals surface area contributed by atoms with Crippen LogP contribution in [-0.4, -0.2) is 12.2 Å². The van der Waals surface area contributed by atoms with Gasteiger partial charge in [-0.15, -0.1) is 0 Å². The Hall–Kier alpha value is -0.440. The molecule has 0 aromatic rings. The quantitative estimate of drug-likeness (QED) is 0.438. The van der Waals surface area contributed by atoms with Crippen LogP contribution in [0.1, 0.15) is 13.8 Å². The highest BCUT2D eigenvalue weighted by Gasteiger charge is 1.93. The fourth-order valence-electron chi connectivity index (χ4n) is 0.342. The summed E-state index contributed by atoms with van der Waals surface area (Å²) in [7, 11) is 0. The lowest BCUT2D eigenvalue weighted by atomic mass is 10.3. The van der Waals surface area contributed by atoms with Gasteiger partial charge in [-0.2, -0.15) is 0 Å². The first-order chi connectivity index (χ1) is 4.16. The average molecular weight is 146 g/mol. The number of hydrogen-bond acceptors (Lipinski definition) is 3. The maximum absolute atomic E-state index is 10.5. The van der Waals surface area contributed by atoms with Crippen LogP contribution in [0.5, 0.6) is 0 Å². The molecule has 0 aliphatic rings. The van der Waals surface area contributed by atoms with Crippen molar-refractivity contribution in [2.24, 2.45) is 0 Å². The SMILES string of the molecule is CSOC(=O)C=C(C)C. The van der Waals surface area contributed by atoms with Gasteiger partial charge in [-0.1, -0.05) is 5.57 Å². The molecule has 0 saturated heterocycles. The van der Waals surface area contributed by atoms with Crippen LogP contribution < -0.4 is 0 Å². The molecular formula is C6H10O2S. The Morgan fingerprint density at radius 2 is 2.11 bits per heavy atom. The summed E-state index contributed by atoms with van der Waals surface area (Å²) in [6.07, 6.45) is 3.16. The third kappa shape index (κ3) is 5.43. The lowest BCUT2D eigenvalue weighted by Gasteiger charge is -1.92. The van der Waals surface area contributed by atoms with Crippen molar-refractivity contribution in [3.05, 3.63) is 11.6 Å². The first kappa shape index (κ1) is 8.56. The third-order valence-corrected chi connectivity index (χ3v) is 0.903. The third-order valence-electron chi connectivity index (χ3n) is 0.572. The summed E-state index contributed by atoms with van der Waals surface area (Å²) < 4.78 is 4.55. The number of allylic oxidation sites excluding steroid dienone is 1. The summed E-state index contributed by atoms with van der Waals surface area (Å²) in [6, 6.07) is 0. The van der Waals surface area contributed by atoms with Crippen molar-refractivity contribution < 1.29 is 8.98 Å². The molecule has 0 unspecified atom stereocenters. The summed E-state index contributed by atoms with van der Waals surface area (Å²) in [4.78, 5) is 10.5. The van der Waals surface area contributed by atoms with Crippen molar-refractivity contribution in [2.45, 2.75) is 13.8 Å². The second-order valence-electron chi connectivity index (χ2n) is 1.79. The average Bonchev–Trinajstić information content (AvgIpc) is 1.63. The van der Waals surface area contributed by atoms with Gasteiger partial charge in [0.25, 0.3) is 0 Å².